The first kappa shape index (κ1) is 16.5. The highest BCUT2D eigenvalue weighted by molar-refractivity contribution is 5.98. The molecule has 2 aromatic rings. The number of hydrogen-bond donors (Lipinski definition) is 1. The molecule has 0 fully saturated rings. The van der Waals surface area contributed by atoms with E-state index in [0.29, 0.717) is 28.1 Å². The maximum atomic E-state index is 12.2. The molecule has 6 heteroatoms. The van der Waals surface area contributed by atoms with Crippen LogP contribution in [-0.4, -0.2) is 30.6 Å². The normalized spacial score (nSPS) is 10.2. The summed E-state index contributed by atoms with van der Waals surface area (Å²) in [7, 11) is 1.55. The third-order valence-corrected chi connectivity index (χ3v) is 3.21. The molecule has 1 amide bonds. The molecule has 0 unspecified atom stereocenters. The number of hydrogen-bond acceptors (Lipinski definition) is 5. The lowest BCUT2D eigenvalue weighted by Crippen LogP contribution is -2.15. The average Bonchev–Trinajstić information content (AvgIpc) is 2.54. The molecule has 23 heavy (non-hydrogen) atoms. The Morgan fingerprint density at radius 1 is 1.22 bits per heavy atom. The standard InChI is InChI=1S/C17H18N2O4/c1-3-23-17(21)14-10-19-11(9-16(18)20)8-13(14)12-6-4-5-7-15(12)22-2/h4-8,10H,3,9H2,1-2H3,(H2,18,20). The molecular formula is C17H18N2O4. The molecule has 0 radical (unpaired) electrons. The van der Waals surface area contributed by atoms with Crippen molar-refractivity contribution >= 4 is 11.9 Å². The molecule has 2 N–H and O–H groups in total. The summed E-state index contributed by atoms with van der Waals surface area (Å²) in [5.41, 5.74) is 7.31. The lowest BCUT2D eigenvalue weighted by atomic mass is 9.99. The van der Waals surface area contributed by atoms with E-state index < -0.39 is 11.9 Å². The second-order valence-electron chi connectivity index (χ2n) is 4.79. The summed E-state index contributed by atoms with van der Waals surface area (Å²) in [6.07, 6.45) is 1.39. The predicted octanol–water partition coefficient (Wildman–Crippen LogP) is 1.96. The van der Waals surface area contributed by atoms with Crippen LogP contribution >= 0.6 is 0 Å². The summed E-state index contributed by atoms with van der Waals surface area (Å²) < 4.78 is 10.4. The molecule has 0 aliphatic carbocycles. The highest BCUT2D eigenvalue weighted by Crippen LogP contribution is 2.32. The summed E-state index contributed by atoms with van der Waals surface area (Å²) in [5, 5.41) is 0. The SMILES string of the molecule is CCOC(=O)c1cnc(CC(N)=O)cc1-c1ccccc1OC. The molecule has 0 bridgehead atoms. The number of aromatic nitrogens is 1. The Labute approximate surface area is 134 Å². The second-order valence-corrected chi connectivity index (χ2v) is 4.79. The summed E-state index contributed by atoms with van der Waals surface area (Å²) in [5.74, 6) is -0.367. The number of benzene rings is 1. The topological polar surface area (TPSA) is 91.5 Å². The third-order valence-electron chi connectivity index (χ3n) is 3.21. The Morgan fingerprint density at radius 2 is 1.96 bits per heavy atom. The molecule has 2 rings (SSSR count). The molecule has 120 valence electrons. The largest absolute Gasteiger partial charge is 0.496 e. The summed E-state index contributed by atoms with van der Waals surface area (Å²) in [6.45, 7) is 1.99. The van der Waals surface area contributed by atoms with E-state index in [1.807, 2.05) is 18.2 Å². The number of nitrogens with two attached hydrogens (primary N) is 1. The van der Waals surface area contributed by atoms with Crippen molar-refractivity contribution in [2.75, 3.05) is 13.7 Å². The van der Waals surface area contributed by atoms with Crippen molar-refractivity contribution in [2.24, 2.45) is 5.73 Å². The van der Waals surface area contributed by atoms with Crippen molar-refractivity contribution in [3.05, 3.63) is 47.8 Å². The van der Waals surface area contributed by atoms with Gasteiger partial charge in [0.1, 0.15) is 5.75 Å². The van der Waals surface area contributed by atoms with Crippen LogP contribution in [-0.2, 0) is 16.0 Å². The number of para-hydroxylation sites is 1. The van der Waals surface area contributed by atoms with E-state index in [1.54, 1.807) is 26.2 Å². The monoisotopic (exact) mass is 314 g/mol. The molecule has 0 aliphatic heterocycles. The van der Waals surface area contributed by atoms with Gasteiger partial charge in [-0.05, 0) is 19.1 Å². The van der Waals surface area contributed by atoms with Gasteiger partial charge in [0.15, 0.2) is 0 Å². The molecule has 1 aromatic heterocycles. The number of carbonyl (C=O) groups is 2. The molecule has 0 spiro atoms. The van der Waals surface area contributed by atoms with Gasteiger partial charge < -0.3 is 15.2 Å². The number of ether oxygens (including phenoxy) is 2. The molecule has 1 heterocycles. The minimum absolute atomic E-state index is 0.00868. The number of carbonyl (C=O) groups excluding carboxylic acids is 2. The van der Waals surface area contributed by atoms with E-state index in [9.17, 15) is 9.59 Å². The quantitative estimate of drug-likeness (QED) is 0.823. The number of esters is 1. The zero-order chi connectivity index (χ0) is 16.8. The van der Waals surface area contributed by atoms with Crippen molar-refractivity contribution < 1.29 is 19.1 Å². The van der Waals surface area contributed by atoms with Gasteiger partial charge in [-0.15, -0.1) is 0 Å². The van der Waals surface area contributed by atoms with Gasteiger partial charge in [0.2, 0.25) is 5.91 Å². The van der Waals surface area contributed by atoms with Crippen molar-refractivity contribution in [2.45, 2.75) is 13.3 Å². The highest BCUT2D eigenvalue weighted by atomic mass is 16.5. The summed E-state index contributed by atoms with van der Waals surface area (Å²) >= 11 is 0. The van der Waals surface area contributed by atoms with Gasteiger partial charge >= 0.3 is 5.97 Å². The first-order valence-electron chi connectivity index (χ1n) is 7.14. The number of pyridine rings is 1. The first-order chi connectivity index (χ1) is 11.1. The highest BCUT2D eigenvalue weighted by Gasteiger charge is 2.18. The van der Waals surface area contributed by atoms with Crippen LogP contribution in [0.15, 0.2) is 36.5 Å². The summed E-state index contributed by atoms with van der Waals surface area (Å²) in [4.78, 5) is 27.4. The van der Waals surface area contributed by atoms with Crippen LogP contribution in [0.2, 0.25) is 0 Å². The number of amides is 1. The minimum Gasteiger partial charge on any atom is -0.496 e. The van der Waals surface area contributed by atoms with Crippen LogP contribution in [0.1, 0.15) is 23.0 Å². The van der Waals surface area contributed by atoms with Crippen molar-refractivity contribution in [3.8, 4) is 16.9 Å². The maximum Gasteiger partial charge on any atom is 0.340 e. The number of primary amides is 1. The molecule has 6 nitrogen and oxygen atoms in total. The number of rotatable bonds is 6. The lowest BCUT2D eigenvalue weighted by molar-refractivity contribution is -0.117. The van der Waals surface area contributed by atoms with Crippen molar-refractivity contribution in [1.29, 1.82) is 0 Å². The minimum atomic E-state index is -0.493. The predicted molar refractivity (Wildman–Crippen MR) is 85.1 cm³/mol. The smallest absolute Gasteiger partial charge is 0.340 e. The van der Waals surface area contributed by atoms with E-state index in [2.05, 4.69) is 4.98 Å². The Kier molecular flexibility index (Phi) is 5.30. The lowest BCUT2D eigenvalue weighted by Gasteiger charge is -2.13. The Bertz CT molecular complexity index is 728. The van der Waals surface area contributed by atoms with E-state index in [0.717, 1.165) is 0 Å². The van der Waals surface area contributed by atoms with Crippen LogP contribution in [0.5, 0.6) is 5.75 Å². The van der Waals surface area contributed by atoms with Crippen LogP contribution in [0.25, 0.3) is 11.1 Å². The molecular weight excluding hydrogens is 296 g/mol. The average molecular weight is 314 g/mol. The van der Waals surface area contributed by atoms with Gasteiger partial charge in [-0.25, -0.2) is 4.79 Å². The second kappa shape index (κ2) is 7.40. The van der Waals surface area contributed by atoms with Crippen molar-refractivity contribution in [1.82, 2.24) is 4.98 Å². The zero-order valence-electron chi connectivity index (χ0n) is 13.0. The molecule has 0 aliphatic rings. The molecule has 1 aromatic carbocycles. The third kappa shape index (κ3) is 3.85. The number of methoxy groups -OCH3 is 1. The Hall–Kier alpha value is -2.89. The van der Waals surface area contributed by atoms with Gasteiger partial charge in [-0.3, -0.25) is 9.78 Å². The fourth-order valence-electron chi connectivity index (χ4n) is 2.24. The van der Waals surface area contributed by atoms with E-state index >= 15 is 0 Å². The van der Waals surface area contributed by atoms with Gasteiger partial charge in [-0.1, -0.05) is 18.2 Å². The van der Waals surface area contributed by atoms with Gasteiger partial charge in [0.05, 0.1) is 31.4 Å². The van der Waals surface area contributed by atoms with Crippen LogP contribution in [0.3, 0.4) is 0 Å². The molecule has 0 saturated heterocycles. The first-order valence-corrected chi connectivity index (χ1v) is 7.14. The summed E-state index contributed by atoms with van der Waals surface area (Å²) in [6, 6.07) is 8.94. The van der Waals surface area contributed by atoms with E-state index in [4.69, 9.17) is 15.2 Å². The molecule has 0 saturated carbocycles. The van der Waals surface area contributed by atoms with Gasteiger partial charge in [0.25, 0.3) is 0 Å². The number of nitrogens with zero attached hydrogens (tertiary/aromatic N) is 1. The van der Waals surface area contributed by atoms with Crippen LogP contribution < -0.4 is 10.5 Å². The fourth-order valence-corrected chi connectivity index (χ4v) is 2.24. The Morgan fingerprint density at radius 3 is 2.61 bits per heavy atom. The van der Waals surface area contributed by atoms with Crippen LogP contribution in [0.4, 0.5) is 0 Å². The zero-order valence-corrected chi connectivity index (χ0v) is 13.0. The Balaban J connectivity index is 2.60. The van der Waals surface area contributed by atoms with Crippen molar-refractivity contribution in [3.63, 3.8) is 0 Å². The molecule has 0 atom stereocenters. The van der Waals surface area contributed by atoms with E-state index in [1.165, 1.54) is 6.20 Å². The van der Waals surface area contributed by atoms with Crippen LogP contribution in [0, 0.1) is 0 Å². The van der Waals surface area contributed by atoms with Gasteiger partial charge in [-0.2, -0.15) is 0 Å². The van der Waals surface area contributed by atoms with E-state index in [-0.39, 0.29) is 13.0 Å². The van der Waals surface area contributed by atoms with Gasteiger partial charge in [0, 0.05) is 17.3 Å². The fraction of sp³-hybridized carbons (Fsp3) is 0.235. The maximum absolute atomic E-state index is 12.2.